The topological polar surface area (TPSA) is 60.9 Å². The molecule has 0 radical (unpaired) electrons. The normalized spacial score (nSPS) is 19.9. The Bertz CT molecular complexity index is 1020. The minimum absolute atomic E-state index is 0.0281. The Hall–Kier alpha value is -2.22. The van der Waals surface area contributed by atoms with Crippen molar-refractivity contribution in [1.29, 1.82) is 0 Å². The molecule has 30 heavy (non-hydrogen) atoms. The van der Waals surface area contributed by atoms with Crippen LogP contribution < -0.4 is 0 Å². The van der Waals surface area contributed by atoms with Gasteiger partial charge in [0, 0.05) is 41.3 Å². The molecule has 0 aliphatic carbocycles. The summed E-state index contributed by atoms with van der Waals surface area (Å²) in [7, 11) is 2.95. The Labute approximate surface area is 180 Å². The Morgan fingerprint density at radius 2 is 1.70 bits per heavy atom. The van der Waals surface area contributed by atoms with Crippen molar-refractivity contribution in [3.05, 3.63) is 59.7 Å². The monoisotopic (exact) mass is 429 g/mol. The molecule has 1 heterocycles. The highest BCUT2D eigenvalue weighted by Crippen LogP contribution is 2.38. The van der Waals surface area contributed by atoms with Crippen LogP contribution >= 0.6 is 0 Å². The lowest BCUT2D eigenvalue weighted by atomic mass is 9.79. The lowest BCUT2D eigenvalue weighted by Gasteiger charge is -2.31. The molecule has 2 aromatic rings. The molecule has 0 N–H and O–H groups in total. The van der Waals surface area contributed by atoms with E-state index in [2.05, 4.69) is 43.3 Å². The molecule has 1 aliphatic rings. The maximum absolute atomic E-state index is 13.2. The number of amides is 1. The summed E-state index contributed by atoms with van der Waals surface area (Å²) in [4.78, 5) is 14.8. The zero-order chi connectivity index (χ0) is 22.1. The van der Waals surface area contributed by atoms with E-state index in [0.717, 1.165) is 16.7 Å². The lowest BCUT2D eigenvalue weighted by Crippen LogP contribution is -2.46. The third kappa shape index (κ3) is 4.43. The van der Waals surface area contributed by atoms with E-state index in [1.165, 1.54) is 28.3 Å². The second-order valence-electron chi connectivity index (χ2n) is 8.60. The van der Waals surface area contributed by atoms with Crippen molar-refractivity contribution in [1.82, 2.24) is 13.5 Å². The van der Waals surface area contributed by atoms with Crippen LogP contribution in [0.3, 0.4) is 0 Å². The average molecular weight is 430 g/mol. The van der Waals surface area contributed by atoms with Gasteiger partial charge in [-0.25, -0.2) is 0 Å². The van der Waals surface area contributed by atoms with Crippen LogP contribution in [0.25, 0.3) is 11.1 Å². The van der Waals surface area contributed by atoms with Crippen molar-refractivity contribution in [3.63, 3.8) is 0 Å². The van der Waals surface area contributed by atoms with Crippen LogP contribution in [0, 0.1) is 12.3 Å². The summed E-state index contributed by atoms with van der Waals surface area (Å²) in [5.41, 5.74) is 3.69. The minimum Gasteiger partial charge on any atom is -0.348 e. The van der Waals surface area contributed by atoms with E-state index in [1.807, 2.05) is 12.1 Å². The van der Waals surface area contributed by atoms with Crippen molar-refractivity contribution in [2.75, 3.05) is 41.3 Å². The van der Waals surface area contributed by atoms with Gasteiger partial charge >= 0.3 is 0 Å². The van der Waals surface area contributed by atoms with E-state index < -0.39 is 15.6 Å². The lowest BCUT2D eigenvalue weighted by molar-refractivity contribution is -0.138. The van der Waals surface area contributed by atoms with E-state index in [-0.39, 0.29) is 12.5 Å². The minimum atomic E-state index is -3.56. The van der Waals surface area contributed by atoms with Crippen molar-refractivity contribution in [3.8, 4) is 11.1 Å². The number of hydrogen-bond donors (Lipinski definition) is 0. The summed E-state index contributed by atoms with van der Waals surface area (Å²) in [6, 6.07) is 16.5. The summed E-state index contributed by atoms with van der Waals surface area (Å²) >= 11 is 0. The van der Waals surface area contributed by atoms with Crippen LogP contribution in [-0.4, -0.2) is 69.1 Å². The largest absolute Gasteiger partial charge is 0.348 e. The zero-order valence-corrected chi connectivity index (χ0v) is 19.2. The first-order chi connectivity index (χ1) is 14.0. The third-order valence-electron chi connectivity index (χ3n) is 5.82. The predicted octanol–water partition coefficient (Wildman–Crippen LogP) is 2.79. The zero-order valence-electron chi connectivity index (χ0n) is 18.4. The standard InChI is InChI=1S/C23H31N3O3S/c1-18-9-11-20(12-10-18)21-8-6-7-19(15-21)16-23(22(27)24(2)3)13-14-26(17-23)30(28,29)25(4)5/h6-12,15H,13-14,16-17H2,1-5H3. The number of benzene rings is 2. The molecular formula is C23H31N3O3S. The molecular weight excluding hydrogens is 398 g/mol. The van der Waals surface area contributed by atoms with Gasteiger partial charge in [0.25, 0.3) is 10.2 Å². The van der Waals surface area contributed by atoms with Gasteiger partial charge in [-0.15, -0.1) is 0 Å². The molecule has 1 fully saturated rings. The summed E-state index contributed by atoms with van der Waals surface area (Å²) in [5, 5.41) is 0. The van der Waals surface area contributed by atoms with Crippen LogP contribution in [0.5, 0.6) is 0 Å². The van der Waals surface area contributed by atoms with E-state index >= 15 is 0 Å². The number of carbonyl (C=O) groups is 1. The molecule has 162 valence electrons. The molecule has 1 unspecified atom stereocenters. The van der Waals surface area contributed by atoms with Gasteiger partial charge in [-0.2, -0.15) is 17.0 Å². The molecule has 0 bridgehead atoms. The molecule has 7 heteroatoms. The summed E-state index contributed by atoms with van der Waals surface area (Å²) in [5.74, 6) is -0.0281. The van der Waals surface area contributed by atoms with Crippen LogP contribution in [0.15, 0.2) is 48.5 Å². The van der Waals surface area contributed by atoms with E-state index in [4.69, 9.17) is 0 Å². The Balaban J connectivity index is 1.93. The van der Waals surface area contributed by atoms with Crippen LogP contribution in [0.2, 0.25) is 0 Å². The quantitative estimate of drug-likeness (QED) is 0.709. The van der Waals surface area contributed by atoms with Gasteiger partial charge in [-0.3, -0.25) is 4.79 Å². The van der Waals surface area contributed by atoms with Gasteiger partial charge < -0.3 is 4.90 Å². The Morgan fingerprint density at radius 3 is 2.30 bits per heavy atom. The van der Waals surface area contributed by atoms with Gasteiger partial charge in [0.1, 0.15) is 0 Å². The van der Waals surface area contributed by atoms with Gasteiger partial charge in [0.05, 0.1) is 5.41 Å². The van der Waals surface area contributed by atoms with Crippen LogP contribution in [0.4, 0.5) is 0 Å². The second-order valence-corrected chi connectivity index (χ2v) is 10.7. The number of carbonyl (C=O) groups excluding carboxylic acids is 1. The maximum atomic E-state index is 13.2. The average Bonchev–Trinajstić information content (AvgIpc) is 3.14. The number of aryl methyl sites for hydroxylation is 1. The molecule has 1 atom stereocenters. The number of hydrogen-bond acceptors (Lipinski definition) is 3. The van der Waals surface area contributed by atoms with Crippen LogP contribution in [0.1, 0.15) is 17.5 Å². The smallest absolute Gasteiger partial charge is 0.281 e. The summed E-state index contributed by atoms with van der Waals surface area (Å²) in [6.45, 7) is 2.60. The molecule has 6 nitrogen and oxygen atoms in total. The fourth-order valence-corrected chi connectivity index (χ4v) is 5.32. The first-order valence-corrected chi connectivity index (χ1v) is 11.5. The molecule has 1 amide bonds. The predicted molar refractivity (Wildman–Crippen MR) is 120 cm³/mol. The fourth-order valence-electron chi connectivity index (χ4n) is 4.13. The van der Waals surface area contributed by atoms with E-state index in [1.54, 1.807) is 19.0 Å². The van der Waals surface area contributed by atoms with Gasteiger partial charge in [-0.05, 0) is 36.5 Å². The van der Waals surface area contributed by atoms with Gasteiger partial charge in [-0.1, -0.05) is 54.1 Å². The highest BCUT2D eigenvalue weighted by Gasteiger charge is 2.48. The van der Waals surface area contributed by atoms with Crippen LogP contribution in [-0.2, 0) is 21.4 Å². The summed E-state index contributed by atoms with van der Waals surface area (Å²) in [6.07, 6.45) is 1.01. The van der Waals surface area contributed by atoms with Gasteiger partial charge in [0.15, 0.2) is 0 Å². The molecule has 3 rings (SSSR count). The molecule has 0 spiro atoms. The van der Waals surface area contributed by atoms with Crippen molar-refractivity contribution in [2.45, 2.75) is 19.8 Å². The molecule has 2 aromatic carbocycles. The number of rotatable bonds is 6. The number of nitrogens with zero attached hydrogens (tertiary/aromatic N) is 3. The molecule has 0 saturated carbocycles. The Kier molecular flexibility index (Phi) is 6.36. The van der Waals surface area contributed by atoms with Crippen molar-refractivity contribution in [2.24, 2.45) is 5.41 Å². The highest BCUT2D eigenvalue weighted by atomic mass is 32.2. The fraction of sp³-hybridized carbons (Fsp3) is 0.435. The van der Waals surface area contributed by atoms with Gasteiger partial charge in [0.2, 0.25) is 5.91 Å². The van der Waals surface area contributed by atoms with E-state index in [9.17, 15) is 13.2 Å². The Morgan fingerprint density at radius 1 is 1.03 bits per heavy atom. The third-order valence-corrected chi connectivity index (χ3v) is 7.71. The van der Waals surface area contributed by atoms with E-state index in [0.29, 0.717) is 19.4 Å². The molecule has 1 saturated heterocycles. The highest BCUT2D eigenvalue weighted by molar-refractivity contribution is 7.86. The molecule has 1 aliphatic heterocycles. The molecule has 0 aromatic heterocycles. The SMILES string of the molecule is Cc1ccc(-c2cccc(CC3(C(=O)N(C)C)CCN(S(=O)(=O)N(C)C)C3)c2)cc1. The van der Waals surface area contributed by atoms with Crippen molar-refractivity contribution >= 4 is 16.1 Å². The van der Waals surface area contributed by atoms with Crippen molar-refractivity contribution < 1.29 is 13.2 Å². The maximum Gasteiger partial charge on any atom is 0.281 e. The first kappa shape index (κ1) is 22.5. The first-order valence-electron chi connectivity index (χ1n) is 10.1. The second kappa shape index (κ2) is 8.49. The summed E-state index contributed by atoms with van der Waals surface area (Å²) < 4.78 is 28.0.